The van der Waals surface area contributed by atoms with Crippen LogP contribution >= 0.6 is 39.3 Å². The quantitative estimate of drug-likeness (QED) is 0.316. The summed E-state index contributed by atoms with van der Waals surface area (Å²) in [6, 6.07) is 10.9. The van der Waals surface area contributed by atoms with Gasteiger partial charge in [-0.3, -0.25) is 4.79 Å². The predicted molar refractivity (Wildman–Crippen MR) is 146 cm³/mol. The molecule has 0 bridgehead atoms. The lowest BCUT2D eigenvalue weighted by Crippen LogP contribution is -2.14. The highest BCUT2D eigenvalue weighted by Crippen LogP contribution is 2.42. The summed E-state index contributed by atoms with van der Waals surface area (Å²) >= 11 is 10.5. The van der Waals surface area contributed by atoms with Gasteiger partial charge in [0.05, 0.1) is 22.6 Å². The number of benzene rings is 2. The molecule has 7 nitrogen and oxygen atoms in total. The molecule has 190 valence electrons. The molecule has 0 unspecified atom stereocenters. The van der Waals surface area contributed by atoms with Crippen molar-refractivity contribution in [1.29, 1.82) is 0 Å². The van der Waals surface area contributed by atoms with Gasteiger partial charge in [-0.2, -0.15) is 0 Å². The molecular formula is C26H25BrClNO6S. The molecule has 1 aliphatic heterocycles. The third kappa shape index (κ3) is 6.93. The van der Waals surface area contributed by atoms with Crippen LogP contribution in [-0.2, 0) is 20.9 Å². The Morgan fingerprint density at radius 1 is 1.11 bits per heavy atom. The highest BCUT2D eigenvalue weighted by Gasteiger charge is 2.33. The van der Waals surface area contributed by atoms with E-state index in [9.17, 15) is 14.7 Å². The van der Waals surface area contributed by atoms with Gasteiger partial charge in [0.15, 0.2) is 11.5 Å². The average Bonchev–Trinajstić information content (AvgIpc) is 3.14. The van der Waals surface area contributed by atoms with Crippen molar-refractivity contribution in [2.75, 3.05) is 13.2 Å². The number of nitrogens with zero attached hydrogens (tertiary/aromatic N) is 1. The maximum absolute atomic E-state index is 12.5. The molecule has 0 fully saturated rings. The zero-order chi connectivity index (χ0) is 26.2. The molecule has 1 N–H and O–H groups in total. The Bertz CT molecular complexity index is 1240. The molecule has 0 radical (unpaired) electrons. The van der Waals surface area contributed by atoms with Crippen LogP contribution in [-0.4, -0.2) is 35.2 Å². The number of carbonyl (C=O) groups is 2. The van der Waals surface area contributed by atoms with Gasteiger partial charge >= 0.3 is 5.97 Å². The third-order valence-corrected chi connectivity index (χ3v) is 6.69. The fourth-order valence-corrected chi connectivity index (χ4v) is 4.88. The lowest BCUT2D eigenvalue weighted by Gasteiger charge is -2.15. The summed E-state index contributed by atoms with van der Waals surface area (Å²) in [6.45, 7) is 6.03. The van der Waals surface area contributed by atoms with Crippen molar-refractivity contribution < 1.29 is 28.9 Å². The van der Waals surface area contributed by atoms with E-state index in [1.54, 1.807) is 44.2 Å². The number of hydrogen-bond acceptors (Lipinski definition) is 7. The molecule has 0 aliphatic carbocycles. The molecule has 1 heterocycles. The second-order valence-electron chi connectivity index (χ2n) is 7.40. The van der Waals surface area contributed by atoms with E-state index in [0.717, 1.165) is 17.3 Å². The van der Waals surface area contributed by atoms with Crippen molar-refractivity contribution in [3.63, 3.8) is 0 Å². The topological polar surface area (TPSA) is 94.4 Å². The number of halogens is 2. The summed E-state index contributed by atoms with van der Waals surface area (Å²) in [5, 5.41) is 11.6. The van der Waals surface area contributed by atoms with Crippen LogP contribution in [0.15, 0.2) is 62.1 Å². The normalized spacial score (nSPS) is 15.5. The molecule has 1 aliphatic rings. The first-order valence-corrected chi connectivity index (χ1v) is 13.2. The molecule has 36 heavy (non-hydrogen) atoms. The van der Waals surface area contributed by atoms with Gasteiger partial charge < -0.3 is 19.3 Å². The molecule has 2 aromatic rings. The molecule has 1 amide bonds. The van der Waals surface area contributed by atoms with Crippen molar-refractivity contribution in [2.24, 2.45) is 4.99 Å². The second-order valence-corrected chi connectivity index (χ2v) is 9.72. The maximum atomic E-state index is 12.5. The van der Waals surface area contributed by atoms with Gasteiger partial charge in [-0.15, -0.1) is 0 Å². The molecule has 0 saturated carbocycles. The van der Waals surface area contributed by atoms with E-state index in [1.165, 1.54) is 0 Å². The zero-order valence-electron chi connectivity index (χ0n) is 20.0. The maximum Gasteiger partial charge on any atom is 0.344 e. The fraction of sp³-hybridized carbons (Fsp3) is 0.269. The smallest absolute Gasteiger partial charge is 0.344 e. The number of aliphatic imine (C=N–C) groups is 1. The summed E-state index contributed by atoms with van der Waals surface area (Å²) in [7, 11) is 0. The minimum Gasteiger partial charge on any atom is -0.506 e. The van der Waals surface area contributed by atoms with Crippen LogP contribution in [0.4, 0.5) is 0 Å². The number of aliphatic hydroxyl groups excluding tert-OH is 1. The molecule has 0 saturated heterocycles. The van der Waals surface area contributed by atoms with Gasteiger partial charge in [0.25, 0.3) is 0 Å². The summed E-state index contributed by atoms with van der Waals surface area (Å²) in [5.74, 6) is -0.415. The van der Waals surface area contributed by atoms with Gasteiger partial charge in [0, 0.05) is 11.4 Å². The molecule has 2 aromatic carbocycles. The summed E-state index contributed by atoms with van der Waals surface area (Å²) in [5.41, 5.74) is 1.49. The minimum atomic E-state index is -0.740. The second kappa shape index (κ2) is 13.0. The van der Waals surface area contributed by atoms with Crippen LogP contribution in [0.5, 0.6) is 11.5 Å². The Hall–Kier alpha value is -2.75. The van der Waals surface area contributed by atoms with E-state index < -0.39 is 11.9 Å². The Morgan fingerprint density at radius 3 is 2.47 bits per heavy atom. The van der Waals surface area contributed by atoms with Crippen LogP contribution in [0.2, 0.25) is 5.02 Å². The van der Waals surface area contributed by atoms with E-state index >= 15 is 0 Å². The lowest BCUT2D eigenvalue weighted by atomic mass is 10.1. The Kier molecular flexibility index (Phi) is 10.0. The van der Waals surface area contributed by atoms with Crippen molar-refractivity contribution >= 4 is 62.3 Å². The van der Waals surface area contributed by atoms with Crippen LogP contribution in [0, 0.1) is 0 Å². The molecule has 3 rings (SSSR count). The van der Waals surface area contributed by atoms with Gasteiger partial charge in [0.2, 0.25) is 5.91 Å². The molecule has 0 spiro atoms. The number of rotatable bonds is 9. The number of aliphatic hydroxyl groups is 1. The number of amides is 1. The molecule has 0 atom stereocenters. The largest absolute Gasteiger partial charge is 0.506 e. The third-order valence-electron chi connectivity index (χ3n) is 4.82. The molecule has 10 heteroatoms. The van der Waals surface area contributed by atoms with Gasteiger partial charge in [-0.25, -0.2) is 9.79 Å². The highest BCUT2D eigenvalue weighted by molar-refractivity contribution is 9.10. The Balaban J connectivity index is 1.96. The van der Waals surface area contributed by atoms with Crippen molar-refractivity contribution in [3.05, 3.63) is 73.3 Å². The highest BCUT2D eigenvalue weighted by atomic mass is 79.9. The summed E-state index contributed by atoms with van der Waals surface area (Å²) in [6.07, 6.45) is 1.84. The van der Waals surface area contributed by atoms with Gasteiger partial charge in [-0.05, 0) is 71.2 Å². The number of thioether (sulfide) groups is 1. The van der Waals surface area contributed by atoms with Crippen molar-refractivity contribution in [2.45, 2.75) is 33.8 Å². The number of ether oxygens (including phenoxy) is 3. The first kappa shape index (κ1) is 27.8. The number of carbonyl (C=O) groups excluding carboxylic acids is 2. The Labute approximate surface area is 227 Å². The van der Waals surface area contributed by atoms with Crippen LogP contribution in [0.3, 0.4) is 0 Å². The average molecular weight is 595 g/mol. The fourth-order valence-electron chi connectivity index (χ4n) is 3.15. The SMILES string of the molecule is CCOC(=O)C1=C(O)/C(=C/c2cc(Br)c(OCc3ccc(Cl)cc3)c(OCC)c2)SC1=NC(=O)CC. The van der Waals surface area contributed by atoms with E-state index in [0.29, 0.717) is 44.7 Å². The lowest BCUT2D eigenvalue weighted by molar-refractivity contribution is -0.138. The van der Waals surface area contributed by atoms with Gasteiger partial charge in [0.1, 0.15) is 23.0 Å². The molecular weight excluding hydrogens is 570 g/mol. The van der Waals surface area contributed by atoms with E-state index in [1.807, 2.05) is 19.1 Å². The summed E-state index contributed by atoms with van der Waals surface area (Å²) in [4.78, 5) is 28.7. The van der Waals surface area contributed by atoms with Crippen LogP contribution in [0.1, 0.15) is 38.3 Å². The number of esters is 1. The van der Waals surface area contributed by atoms with Crippen LogP contribution in [0.25, 0.3) is 6.08 Å². The zero-order valence-corrected chi connectivity index (χ0v) is 23.1. The monoisotopic (exact) mass is 593 g/mol. The molecule has 0 aromatic heterocycles. The summed E-state index contributed by atoms with van der Waals surface area (Å²) < 4.78 is 17.5. The van der Waals surface area contributed by atoms with Crippen molar-refractivity contribution in [3.8, 4) is 11.5 Å². The van der Waals surface area contributed by atoms with Crippen molar-refractivity contribution in [1.82, 2.24) is 0 Å². The Morgan fingerprint density at radius 2 is 1.83 bits per heavy atom. The number of hydrogen-bond donors (Lipinski definition) is 1. The van der Waals surface area contributed by atoms with E-state index in [4.69, 9.17) is 25.8 Å². The first-order chi connectivity index (χ1) is 17.3. The minimum absolute atomic E-state index is 0.107. The van der Waals surface area contributed by atoms with Gasteiger partial charge in [-0.1, -0.05) is 42.4 Å². The first-order valence-electron chi connectivity index (χ1n) is 11.2. The van der Waals surface area contributed by atoms with E-state index in [2.05, 4.69) is 20.9 Å². The van der Waals surface area contributed by atoms with Crippen LogP contribution < -0.4 is 9.47 Å². The van der Waals surface area contributed by atoms with E-state index in [-0.39, 0.29) is 29.4 Å². The standard InChI is InChI=1S/C26H25BrClNO6S/c1-4-21(30)29-25-22(26(32)34-6-3)23(31)20(36-25)13-16-11-18(27)24(19(12-16)33-5-2)35-14-15-7-9-17(28)10-8-15/h7-13,31H,4-6,14H2,1-3H3/b20-13-,29-25?. The predicted octanol–water partition coefficient (Wildman–Crippen LogP) is 6.88.